The number of hydrogen-bond donors (Lipinski definition) is 2. The molecule has 1 saturated heterocycles. The Morgan fingerprint density at radius 2 is 2.00 bits per heavy atom. The van der Waals surface area contributed by atoms with Crippen molar-refractivity contribution in [3.05, 3.63) is 0 Å². The SMILES string of the molecule is CC1(C)CC[C@H](O)[C@@](C)(CO)O1. The summed E-state index contributed by atoms with van der Waals surface area (Å²) < 4.78 is 5.62. The van der Waals surface area contributed by atoms with Gasteiger partial charge in [0, 0.05) is 0 Å². The van der Waals surface area contributed by atoms with Gasteiger partial charge in [0.15, 0.2) is 0 Å². The van der Waals surface area contributed by atoms with E-state index in [2.05, 4.69) is 0 Å². The first-order valence-electron chi connectivity index (χ1n) is 4.39. The van der Waals surface area contributed by atoms with Gasteiger partial charge in [0.05, 0.1) is 18.3 Å². The first kappa shape index (κ1) is 9.96. The number of aliphatic hydroxyl groups is 2. The number of aliphatic hydroxyl groups excluding tert-OH is 2. The van der Waals surface area contributed by atoms with Crippen LogP contribution in [0.2, 0.25) is 0 Å². The third kappa shape index (κ3) is 1.79. The van der Waals surface area contributed by atoms with Gasteiger partial charge in [-0.15, -0.1) is 0 Å². The fourth-order valence-corrected chi connectivity index (χ4v) is 1.68. The maximum atomic E-state index is 9.58. The summed E-state index contributed by atoms with van der Waals surface area (Å²) in [7, 11) is 0. The largest absolute Gasteiger partial charge is 0.393 e. The molecular formula is C9H18O3. The van der Waals surface area contributed by atoms with Gasteiger partial charge in [-0.3, -0.25) is 0 Å². The van der Waals surface area contributed by atoms with Crippen molar-refractivity contribution < 1.29 is 14.9 Å². The number of ether oxygens (including phenoxy) is 1. The minimum Gasteiger partial charge on any atom is -0.393 e. The van der Waals surface area contributed by atoms with Crippen molar-refractivity contribution in [2.75, 3.05) is 6.61 Å². The van der Waals surface area contributed by atoms with Crippen LogP contribution in [0.25, 0.3) is 0 Å². The van der Waals surface area contributed by atoms with Crippen molar-refractivity contribution in [3.63, 3.8) is 0 Å². The number of rotatable bonds is 1. The Kier molecular flexibility index (Phi) is 2.47. The molecule has 3 nitrogen and oxygen atoms in total. The Bertz CT molecular complexity index is 167. The Balaban J connectivity index is 2.72. The second-order valence-electron chi connectivity index (χ2n) is 4.39. The summed E-state index contributed by atoms with van der Waals surface area (Å²) >= 11 is 0. The first-order valence-corrected chi connectivity index (χ1v) is 4.39. The van der Waals surface area contributed by atoms with E-state index >= 15 is 0 Å². The lowest BCUT2D eigenvalue weighted by atomic mass is 9.86. The summed E-state index contributed by atoms with van der Waals surface area (Å²) in [6.45, 7) is 5.58. The van der Waals surface area contributed by atoms with Crippen LogP contribution in [0, 0.1) is 0 Å². The van der Waals surface area contributed by atoms with Crippen molar-refractivity contribution in [2.24, 2.45) is 0 Å². The standard InChI is InChI=1S/C9H18O3/c1-8(2)5-4-7(11)9(3,6-10)12-8/h7,10-11H,4-6H2,1-3H3/t7-,9+/m0/s1. The molecule has 3 heteroatoms. The van der Waals surface area contributed by atoms with E-state index in [-0.39, 0.29) is 12.2 Å². The van der Waals surface area contributed by atoms with E-state index < -0.39 is 11.7 Å². The monoisotopic (exact) mass is 174 g/mol. The van der Waals surface area contributed by atoms with Crippen molar-refractivity contribution in [2.45, 2.75) is 50.9 Å². The van der Waals surface area contributed by atoms with Crippen LogP contribution in [0.4, 0.5) is 0 Å². The van der Waals surface area contributed by atoms with Gasteiger partial charge in [-0.1, -0.05) is 0 Å². The second kappa shape index (κ2) is 2.98. The van der Waals surface area contributed by atoms with Gasteiger partial charge in [0.2, 0.25) is 0 Å². The number of hydrogen-bond acceptors (Lipinski definition) is 3. The molecule has 2 atom stereocenters. The quantitative estimate of drug-likeness (QED) is 0.615. The molecule has 0 spiro atoms. The topological polar surface area (TPSA) is 49.7 Å². The Morgan fingerprint density at radius 1 is 1.42 bits per heavy atom. The minimum atomic E-state index is -0.776. The Labute approximate surface area is 73.4 Å². The van der Waals surface area contributed by atoms with Gasteiger partial charge in [0.1, 0.15) is 5.60 Å². The van der Waals surface area contributed by atoms with Crippen molar-refractivity contribution in [1.29, 1.82) is 0 Å². The summed E-state index contributed by atoms with van der Waals surface area (Å²) in [6.07, 6.45) is 0.990. The molecule has 0 aromatic heterocycles. The third-order valence-corrected chi connectivity index (χ3v) is 2.55. The van der Waals surface area contributed by atoms with Crippen molar-refractivity contribution in [3.8, 4) is 0 Å². The van der Waals surface area contributed by atoms with Crippen LogP contribution in [0.5, 0.6) is 0 Å². The predicted octanol–water partition coefficient (Wildman–Crippen LogP) is 0.687. The molecule has 0 amide bonds. The lowest BCUT2D eigenvalue weighted by molar-refractivity contribution is -0.229. The third-order valence-electron chi connectivity index (χ3n) is 2.55. The van der Waals surface area contributed by atoms with E-state index in [1.54, 1.807) is 6.92 Å². The molecule has 1 aliphatic heterocycles. The molecule has 72 valence electrons. The Hall–Kier alpha value is -0.120. The van der Waals surface area contributed by atoms with Crippen molar-refractivity contribution >= 4 is 0 Å². The van der Waals surface area contributed by atoms with E-state index in [4.69, 9.17) is 9.84 Å². The highest BCUT2D eigenvalue weighted by Gasteiger charge is 2.43. The molecule has 12 heavy (non-hydrogen) atoms. The van der Waals surface area contributed by atoms with E-state index in [9.17, 15) is 5.11 Å². The molecule has 0 bridgehead atoms. The summed E-state index contributed by atoms with van der Waals surface area (Å²) in [6, 6.07) is 0. The van der Waals surface area contributed by atoms with Crippen LogP contribution < -0.4 is 0 Å². The fraction of sp³-hybridized carbons (Fsp3) is 1.00. The van der Waals surface area contributed by atoms with Gasteiger partial charge < -0.3 is 14.9 Å². The predicted molar refractivity (Wildman–Crippen MR) is 45.9 cm³/mol. The molecule has 1 fully saturated rings. The van der Waals surface area contributed by atoms with Gasteiger partial charge in [0.25, 0.3) is 0 Å². The van der Waals surface area contributed by atoms with Gasteiger partial charge >= 0.3 is 0 Å². The average Bonchev–Trinajstić information content (AvgIpc) is 1.97. The van der Waals surface area contributed by atoms with Gasteiger partial charge in [-0.05, 0) is 33.6 Å². The highest BCUT2D eigenvalue weighted by atomic mass is 16.5. The molecule has 0 radical (unpaired) electrons. The normalized spacial score (nSPS) is 41.2. The Morgan fingerprint density at radius 3 is 2.42 bits per heavy atom. The van der Waals surface area contributed by atoms with E-state index in [0.29, 0.717) is 6.42 Å². The van der Waals surface area contributed by atoms with E-state index in [0.717, 1.165) is 6.42 Å². The summed E-state index contributed by atoms with van der Waals surface area (Å²) in [5.41, 5.74) is -1.00. The zero-order valence-electron chi connectivity index (χ0n) is 8.00. The van der Waals surface area contributed by atoms with Crippen LogP contribution in [0.1, 0.15) is 33.6 Å². The average molecular weight is 174 g/mol. The smallest absolute Gasteiger partial charge is 0.115 e. The van der Waals surface area contributed by atoms with Crippen molar-refractivity contribution in [1.82, 2.24) is 0 Å². The second-order valence-corrected chi connectivity index (χ2v) is 4.39. The summed E-state index contributed by atoms with van der Waals surface area (Å²) in [5, 5.41) is 18.6. The molecule has 0 unspecified atom stereocenters. The van der Waals surface area contributed by atoms with Crippen LogP contribution in [0.15, 0.2) is 0 Å². The lowest BCUT2D eigenvalue weighted by Gasteiger charge is -2.45. The van der Waals surface area contributed by atoms with Crippen LogP contribution in [-0.4, -0.2) is 34.1 Å². The first-order chi connectivity index (χ1) is 5.40. The van der Waals surface area contributed by atoms with E-state index in [1.807, 2.05) is 13.8 Å². The van der Waals surface area contributed by atoms with Crippen LogP contribution in [-0.2, 0) is 4.74 Å². The zero-order chi connectivity index (χ0) is 9.41. The van der Waals surface area contributed by atoms with Crippen LogP contribution >= 0.6 is 0 Å². The van der Waals surface area contributed by atoms with Gasteiger partial charge in [-0.25, -0.2) is 0 Å². The lowest BCUT2D eigenvalue weighted by Crippen LogP contribution is -2.54. The van der Waals surface area contributed by atoms with E-state index in [1.165, 1.54) is 0 Å². The van der Waals surface area contributed by atoms with Crippen LogP contribution in [0.3, 0.4) is 0 Å². The molecule has 0 saturated carbocycles. The maximum Gasteiger partial charge on any atom is 0.115 e. The molecule has 1 heterocycles. The molecule has 0 aromatic rings. The molecule has 1 rings (SSSR count). The molecule has 1 aliphatic rings. The molecule has 2 N–H and O–H groups in total. The minimum absolute atomic E-state index is 0.127. The summed E-state index contributed by atoms with van der Waals surface area (Å²) in [5.74, 6) is 0. The highest BCUT2D eigenvalue weighted by molar-refractivity contribution is 4.92. The highest BCUT2D eigenvalue weighted by Crippen LogP contribution is 2.34. The van der Waals surface area contributed by atoms with Gasteiger partial charge in [-0.2, -0.15) is 0 Å². The maximum absolute atomic E-state index is 9.58. The molecule has 0 aliphatic carbocycles. The molecular weight excluding hydrogens is 156 g/mol. The zero-order valence-corrected chi connectivity index (χ0v) is 8.00. The molecule has 0 aromatic carbocycles. The summed E-state index contributed by atoms with van der Waals surface area (Å²) in [4.78, 5) is 0. The fourth-order valence-electron chi connectivity index (χ4n) is 1.68.